The fourth-order valence-electron chi connectivity index (χ4n) is 1.37. The second kappa shape index (κ2) is 4.49. The molecular formula is C11H10BrN3O. The van der Waals surface area contributed by atoms with Crippen molar-refractivity contribution < 1.29 is 4.74 Å². The lowest BCUT2D eigenvalue weighted by molar-refractivity contribution is 0.416. The van der Waals surface area contributed by atoms with Gasteiger partial charge in [-0.3, -0.25) is 0 Å². The molecule has 0 bridgehead atoms. The normalized spacial score (nSPS) is 10.1. The number of rotatable bonds is 2. The van der Waals surface area contributed by atoms with E-state index >= 15 is 0 Å². The Kier molecular flexibility index (Phi) is 3.05. The third kappa shape index (κ3) is 2.14. The quantitative estimate of drug-likeness (QED) is 0.918. The molecule has 0 aliphatic heterocycles. The van der Waals surface area contributed by atoms with Crippen LogP contribution >= 0.6 is 15.9 Å². The smallest absolute Gasteiger partial charge is 0.146 e. The van der Waals surface area contributed by atoms with E-state index in [1.165, 1.54) is 0 Å². The number of nitrogen functional groups attached to an aromatic ring is 1. The van der Waals surface area contributed by atoms with E-state index in [-0.39, 0.29) is 0 Å². The first kappa shape index (κ1) is 10.9. The van der Waals surface area contributed by atoms with Gasteiger partial charge in [-0.2, -0.15) is 0 Å². The molecule has 5 heteroatoms. The number of hydrogen-bond acceptors (Lipinski definition) is 4. The van der Waals surface area contributed by atoms with Gasteiger partial charge in [0.2, 0.25) is 0 Å². The Morgan fingerprint density at radius 3 is 2.62 bits per heavy atom. The zero-order chi connectivity index (χ0) is 11.5. The van der Waals surface area contributed by atoms with Gasteiger partial charge in [0.25, 0.3) is 0 Å². The van der Waals surface area contributed by atoms with Crippen LogP contribution in [0.1, 0.15) is 0 Å². The average Bonchev–Trinajstić information content (AvgIpc) is 2.30. The number of anilines is 1. The maximum absolute atomic E-state index is 5.49. The van der Waals surface area contributed by atoms with Crippen molar-refractivity contribution in [1.29, 1.82) is 0 Å². The molecule has 0 saturated heterocycles. The van der Waals surface area contributed by atoms with Crippen LogP contribution < -0.4 is 10.5 Å². The van der Waals surface area contributed by atoms with Gasteiger partial charge in [0.15, 0.2) is 0 Å². The van der Waals surface area contributed by atoms with Crippen LogP contribution in [-0.2, 0) is 0 Å². The maximum atomic E-state index is 5.49. The molecule has 2 aromatic rings. The molecule has 1 heterocycles. The van der Waals surface area contributed by atoms with Crippen LogP contribution in [0.25, 0.3) is 11.3 Å². The summed E-state index contributed by atoms with van der Waals surface area (Å²) in [6, 6.07) is 9.23. The Morgan fingerprint density at radius 1 is 1.19 bits per heavy atom. The van der Waals surface area contributed by atoms with Crippen LogP contribution in [-0.4, -0.2) is 17.3 Å². The first-order chi connectivity index (χ1) is 7.70. The van der Waals surface area contributed by atoms with Crippen molar-refractivity contribution in [1.82, 2.24) is 10.2 Å². The Morgan fingerprint density at radius 2 is 2.00 bits per heavy atom. The molecule has 0 saturated carbocycles. The van der Waals surface area contributed by atoms with Crippen LogP contribution in [0.15, 0.2) is 34.8 Å². The molecular weight excluding hydrogens is 270 g/mol. The third-order valence-electron chi connectivity index (χ3n) is 2.12. The van der Waals surface area contributed by atoms with E-state index in [1.807, 2.05) is 24.3 Å². The van der Waals surface area contributed by atoms with Crippen LogP contribution in [0, 0.1) is 0 Å². The number of ether oxygens (including phenoxy) is 1. The molecule has 4 nitrogen and oxygen atoms in total. The molecule has 2 N–H and O–H groups in total. The molecule has 1 aromatic carbocycles. The van der Waals surface area contributed by atoms with Gasteiger partial charge in [0, 0.05) is 10.0 Å². The van der Waals surface area contributed by atoms with E-state index in [2.05, 4.69) is 26.1 Å². The van der Waals surface area contributed by atoms with Gasteiger partial charge in [-0.25, -0.2) is 0 Å². The topological polar surface area (TPSA) is 61.0 Å². The largest absolute Gasteiger partial charge is 0.496 e. The number of nitrogens with zero attached hydrogens (tertiary/aromatic N) is 2. The molecule has 0 atom stereocenters. The predicted molar refractivity (Wildman–Crippen MR) is 66.1 cm³/mol. The lowest BCUT2D eigenvalue weighted by Gasteiger charge is -2.07. The van der Waals surface area contributed by atoms with Crippen LogP contribution in [0.5, 0.6) is 5.75 Å². The summed E-state index contributed by atoms with van der Waals surface area (Å²) in [5, 5.41) is 7.84. The molecule has 0 spiro atoms. The maximum Gasteiger partial charge on any atom is 0.146 e. The molecule has 1 aromatic heterocycles. The van der Waals surface area contributed by atoms with E-state index in [9.17, 15) is 0 Å². The van der Waals surface area contributed by atoms with Crippen molar-refractivity contribution in [3.8, 4) is 17.0 Å². The van der Waals surface area contributed by atoms with E-state index < -0.39 is 0 Å². The minimum atomic E-state index is 0.401. The van der Waals surface area contributed by atoms with Crippen LogP contribution in [0.2, 0.25) is 0 Å². The van der Waals surface area contributed by atoms with E-state index in [1.54, 1.807) is 13.2 Å². The zero-order valence-electron chi connectivity index (χ0n) is 8.64. The molecule has 0 unspecified atom stereocenters. The van der Waals surface area contributed by atoms with Crippen LogP contribution in [0.3, 0.4) is 0 Å². The first-order valence-electron chi connectivity index (χ1n) is 4.64. The fourth-order valence-corrected chi connectivity index (χ4v) is 1.73. The summed E-state index contributed by atoms with van der Waals surface area (Å²) >= 11 is 3.41. The Hall–Kier alpha value is -1.62. The summed E-state index contributed by atoms with van der Waals surface area (Å²) in [5.74, 6) is 1.15. The molecule has 82 valence electrons. The minimum Gasteiger partial charge on any atom is -0.496 e. The highest BCUT2D eigenvalue weighted by Crippen LogP contribution is 2.31. The van der Waals surface area contributed by atoms with Crippen molar-refractivity contribution in [2.75, 3.05) is 12.8 Å². The van der Waals surface area contributed by atoms with Crippen LogP contribution in [0.4, 0.5) is 5.82 Å². The van der Waals surface area contributed by atoms with Crippen molar-refractivity contribution in [2.24, 2.45) is 0 Å². The molecule has 0 amide bonds. The Labute approximate surface area is 102 Å². The van der Waals surface area contributed by atoms with Gasteiger partial charge in [-0.05, 0) is 30.3 Å². The highest BCUT2D eigenvalue weighted by Gasteiger charge is 2.08. The monoisotopic (exact) mass is 279 g/mol. The number of aromatic nitrogens is 2. The van der Waals surface area contributed by atoms with Gasteiger partial charge >= 0.3 is 0 Å². The average molecular weight is 280 g/mol. The zero-order valence-corrected chi connectivity index (χ0v) is 10.2. The standard InChI is InChI=1S/C11H10BrN3O/c1-16-10-4-2-7(12)6-8(10)9-3-5-11(13)15-14-9/h2-6H,1H3,(H2,13,15). The lowest BCUT2D eigenvalue weighted by atomic mass is 10.1. The Balaban J connectivity index is 2.53. The van der Waals surface area contributed by atoms with Gasteiger partial charge in [0.1, 0.15) is 11.6 Å². The third-order valence-corrected chi connectivity index (χ3v) is 2.62. The van der Waals surface area contributed by atoms with Gasteiger partial charge in [0.05, 0.1) is 12.8 Å². The molecule has 0 radical (unpaired) electrons. The highest BCUT2D eigenvalue weighted by atomic mass is 79.9. The Bertz CT molecular complexity index is 499. The molecule has 0 aliphatic rings. The molecule has 0 fully saturated rings. The van der Waals surface area contributed by atoms with Gasteiger partial charge in [-0.15, -0.1) is 10.2 Å². The molecule has 2 rings (SSSR count). The number of methoxy groups -OCH3 is 1. The number of halogens is 1. The minimum absolute atomic E-state index is 0.401. The fraction of sp³-hybridized carbons (Fsp3) is 0.0909. The van der Waals surface area contributed by atoms with Crippen molar-refractivity contribution in [3.05, 3.63) is 34.8 Å². The highest BCUT2D eigenvalue weighted by molar-refractivity contribution is 9.10. The van der Waals surface area contributed by atoms with Crippen molar-refractivity contribution in [3.63, 3.8) is 0 Å². The predicted octanol–water partition coefficient (Wildman–Crippen LogP) is 2.50. The summed E-state index contributed by atoms with van der Waals surface area (Å²) in [4.78, 5) is 0. The molecule has 16 heavy (non-hydrogen) atoms. The second-order valence-corrected chi connectivity index (χ2v) is 4.10. The van der Waals surface area contributed by atoms with Gasteiger partial charge < -0.3 is 10.5 Å². The summed E-state index contributed by atoms with van der Waals surface area (Å²) < 4.78 is 6.23. The SMILES string of the molecule is COc1ccc(Br)cc1-c1ccc(N)nn1. The summed E-state index contributed by atoms with van der Waals surface area (Å²) in [6.45, 7) is 0. The summed E-state index contributed by atoms with van der Waals surface area (Å²) in [7, 11) is 1.62. The van der Waals surface area contributed by atoms with Crippen molar-refractivity contribution in [2.45, 2.75) is 0 Å². The number of benzene rings is 1. The van der Waals surface area contributed by atoms with Gasteiger partial charge in [-0.1, -0.05) is 15.9 Å². The molecule has 0 aliphatic carbocycles. The summed E-state index contributed by atoms with van der Waals surface area (Å²) in [6.07, 6.45) is 0. The van der Waals surface area contributed by atoms with Crippen molar-refractivity contribution >= 4 is 21.7 Å². The summed E-state index contributed by atoms with van der Waals surface area (Å²) in [5.41, 5.74) is 7.10. The van der Waals surface area contributed by atoms with E-state index in [0.29, 0.717) is 5.82 Å². The second-order valence-electron chi connectivity index (χ2n) is 3.19. The number of hydrogen-bond donors (Lipinski definition) is 1. The first-order valence-corrected chi connectivity index (χ1v) is 5.43. The van der Waals surface area contributed by atoms with E-state index in [0.717, 1.165) is 21.5 Å². The lowest BCUT2D eigenvalue weighted by Crippen LogP contribution is -1.95. The van der Waals surface area contributed by atoms with E-state index in [4.69, 9.17) is 10.5 Å². The number of nitrogens with two attached hydrogens (primary N) is 1.